The molecule has 1 N–H and O–H groups in total. The van der Waals surface area contributed by atoms with Gasteiger partial charge in [0.2, 0.25) is 0 Å². The molecule has 0 spiro atoms. The highest BCUT2D eigenvalue weighted by molar-refractivity contribution is 5.95. The van der Waals surface area contributed by atoms with E-state index in [2.05, 4.69) is 13.8 Å². The van der Waals surface area contributed by atoms with E-state index >= 15 is 0 Å². The Bertz CT molecular complexity index is 565. The van der Waals surface area contributed by atoms with Gasteiger partial charge in [0.25, 0.3) is 5.91 Å². The van der Waals surface area contributed by atoms with Gasteiger partial charge in [-0.15, -0.1) is 0 Å². The van der Waals surface area contributed by atoms with E-state index in [1.165, 1.54) is 6.08 Å². The molecular formula is C17H21NO3. The summed E-state index contributed by atoms with van der Waals surface area (Å²) in [7, 11) is 0. The van der Waals surface area contributed by atoms with Gasteiger partial charge in [0.05, 0.1) is 0 Å². The van der Waals surface area contributed by atoms with Gasteiger partial charge in [-0.05, 0) is 42.0 Å². The Morgan fingerprint density at radius 3 is 2.71 bits per heavy atom. The number of hydrogen-bond donors (Lipinski definition) is 1. The molecule has 1 heterocycles. The predicted molar refractivity (Wildman–Crippen MR) is 82.0 cm³/mol. The maximum atomic E-state index is 12.5. The van der Waals surface area contributed by atoms with Crippen molar-refractivity contribution in [3.63, 3.8) is 0 Å². The molecule has 1 fully saturated rings. The fraction of sp³-hybridized carbons (Fsp3) is 0.412. The molecule has 2 atom stereocenters. The topological polar surface area (TPSA) is 57.6 Å². The number of amides is 1. The van der Waals surface area contributed by atoms with Gasteiger partial charge >= 0.3 is 5.97 Å². The van der Waals surface area contributed by atoms with E-state index < -0.39 is 5.97 Å². The Morgan fingerprint density at radius 2 is 2.05 bits per heavy atom. The van der Waals surface area contributed by atoms with Crippen LogP contribution < -0.4 is 0 Å². The first kappa shape index (κ1) is 15.3. The second-order valence-corrected chi connectivity index (χ2v) is 5.79. The van der Waals surface area contributed by atoms with Crippen molar-refractivity contribution in [3.8, 4) is 0 Å². The lowest BCUT2D eigenvalue weighted by Gasteiger charge is -2.35. The smallest absolute Gasteiger partial charge is 0.328 e. The first-order valence-corrected chi connectivity index (χ1v) is 7.27. The van der Waals surface area contributed by atoms with Gasteiger partial charge in [-0.25, -0.2) is 4.79 Å². The quantitative estimate of drug-likeness (QED) is 0.870. The summed E-state index contributed by atoms with van der Waals surface area (Å²) in [4.78, 5) is 25.0. The van der Waals surface area contributed by atoms with E-state index in [0.717, 1.165) is 31.1 Å². The molecule has 21 heavy (non-hydrogen) atoms. The van der Waals surface area contributed by atoms with Crippen molar-refractivity contribution in [3.05, 3.63) is 41.5 Å². The second-order valence-electron chi connectivity index (χ2n) is 5.79. The molecule has 0 aliphatic carbocycles. The predicted octanol–water partition coefficient (Wildman–Crippen LogP) is 2.90. The van der Waals surface area contributed by atoms with E-state index in [4.69, 9.17) is 5.11 Å². The van der Waals surface area contributed by atoms with E-state index in [1.54, 1.807) is 24.3 Å². The van der Waals surface area contributed by atoms with Crippen molar-refractivity contribution in [2.24, 2.45) is 11.8 Å². The van der Waals surface area contributed by atoms with Crippen molar-refractivity contribution in [2.75, 3.05) is 13.1 Å². The number of carbonyl (C=O) groups is 2. The third-order valence-electron chi connectivity index (χ3n) is 4.17. The molecule has 1 saturated heterocycles. The van der Waals surface area contributed by atoms with E-state index in [-0.39, 0.29) is 5.91 Å². The summed E-state index contributed by atoms with van der Waals surface area (Å²) in [6, 6.07) is 7.09. The molecule has 1 amide bonds. The minimum atomic E-state index is -0.995. The van der Waals surface area contributed by atoms with Gasteiger partial charge in [-0.3, -0.25) is 4.79 Å². The highest BCUT2D eigenvalue weighted by Crippen LogP contribution is 2.24. The maximum Gasteiger partial charge on any atom is 0.328 e. The summed E-state index contributed by atoms with van der Waals surface area (Å²) in [6.07, 6.45) is 3.61. The number of carboxylic acids is 1. The summed E-state index contributed by atoms with van der Waals surface area (Å²) in [5.41, 5.74) is 1.34. The minimum absolute atomic E-state index is 0.0272. The number of piperidine rings is 1. The van der Waals surface area contributed by atoms with E-state index in [1.807, 2.05) is 4.90 Å². The summed E-state index contributed by atoms with van der Waals surface area (Å²) < 4.78 is 0. The molecule has 112 valence electrons. The molecule has 1 aromatic carbocycles. The Morgan fingerprint density at radius 1 is 1.29 bits per heavy atom. The number of benzene rings is 1. The summed E-state index contributed by atoms with van der Waals surface area (Å²) in [5, 5.41) is 8.65. The second kappa shape index (κ2) is 6.57. The number of carboxylic acid groups (broad SMARTS) is 1. The lowest BCUT2D eigenvalue weighted by molar-refractivity contribution is -0.131. The highest BCUT2D eigenvalue weighted by atomic mass is 16.4. The van der Waals surface area contributed by atoms with Crippen LogP contribution >= 0.6 is 0 Å². The average Bonchev–Trinajstić information content (AvgIpc) is 2.47. The van der Waals surface area contributed by atoms with Gasteiger partial charge in [0.1, 0.15) is 0 Å². The van der Waals surface area contributed by atoms with Crippen LogP contribution in [0, 0.1) is 11.8 Å². The van der Waals surface area contributed by atoms with Crippen LogP contribution in [-0.2, 0) is 4.79 Å². The van der Waals surface area contributed by atoms with Crippen LogP contribution in [0.5, 0.6) is 0 Å². The largest absolute Gasteiger partial charge is 0.478 e. The maximum absolute atomic E-state index is 12.5. The van der Waals surface area contributed by atoms with Crippen LogP contribution in [0.25, 0.3) is 6.08 Å². The van der Waals surface area contributed by atoms with Crippen LogP contribution in [0.2, 0.25) is 0 Å². The van der Waals surface area contributed by atoms with Crippen molar-refractivity contribution in [2.45, 2.75) is 20.3 Å². The number of carbonyl (C=O) groups excluding carboxylic acids is 1. The third kappa shape index (κ3) is 3.94. The first-order valence-electron chi connectivity index (χ1n) is 7.27. The SMILES string of the molecule is CC1CCN(C(=O)c2cccc(/C=C/C(=O)O)c2)CC1C. The van der Waals surface area contributed by atoms with Gasteiger partial charge in [-0.2, -0.15) is 0 Å². The molecule has 0 radical (unpaired) electrons. The summed E-state index contributed by atoms with van der Waals surface area (Å²) in [6.45, 7) is 5.98. The number of nitrogens with zero attached hydrogens (tertiary/aromatic N) is 1. The molecule has 1 aliphatic rings. The van der Waals surface area contributed by atoms with Crippen molar-refractivity contribution in [1.82, 2.24) is 4.90 Å². The molecule has 2 unspecified atom stereocenters. The zero-order chi connectivity index (χ0) is 15.4. The van der Waals surface area contributed by atoms with Gasteiger partial charge in [0.15, 0.2) is 0 Å². The molecule has 0 saturated carbocycles. The number of aliphatic carboxylic acids is 1. The minimum Gasteiger partial charge on any atom is -0.478 e. The molecule has 0 bridgehead atoms. The Kier molecular flexibility index (Phi) is 4.78. The Balaban J connectivity index is 2.12. The summed E-state index contributed by atoms with van der Waals surface area (Å²) in [5.74, 6) is 0.196. The Hall–Kier alpha value is -2.10. The normalized spacial score (nSPS) is 22.5. The molecular weight excluding hydrogens is 266 g/mol. The van der Waals surface area contributed by atoms with Crippen molar-refractivity contribution >= 4 is 18.0 Å². The third-order valence-corrected chi connectivity index (χ3v) is 4.17. The van der Waals surface area contributed by atoms with Gasteiger partial charge < -0.3 is 10.0 Å². The fourth-order valence-corrected chi connectivity index (χ4v) is 2.57. The molecule has 1 aromatic rings. The fourth-order valence-electron chi connectivity index (χ4n) is 2.57. The van der Waals surface area contributed by atoms with Crippen molar-refractivity contribution in [1.29, 1.82) is 0 Å². The van der Waals surface area contributed by atoms with Crippen molar-refractivity contribution < 1.29 is 14.7 Å². The zero-order valence-electron chi connectivity index (χ0n) is 12.5. The van der Waals surface area contributed by atoms with Gasteiger partial charge in [0, 0.05) is 24.7 Å². The number of likely N-dealkylation sites (tertiary alicyclic amines) is 1. The first-order chi connectivity index (χ1) is 9.97. The number of rotatable bonds is 3. The lowest BCUT2D eigenvalue weighted by atomic mass is 9.88. The van der Waals surface area contributed by atoms with Crippen LogP contribution in [0.1, 0.15) is 36.2 Å². The molecule has 4 heteroatoms. The lowest BCUT2D eigenvalue weighted by Crippen LogP contribution is -2.42. The molecule has 1 aliphatic heterocycles. The number of hydrogen-bond acceptors (Lipinski definition) is 2. The monoisotopic (exact) mass is 287 g/mol. The van der Waals surface area contributed by atoms with Crippen LogP contribution in [0.3, 0.4) is 0 Å². The average molecular weight is 287 g/mol. The van der Waals surface area contributed by atoms with Crippen LogP contribution in [0.15, 0.2) is 30.3 Å². The van der Waals surface area contributed by atoms with E-state index in [0.29, 0.717) is 17.4 Å². The van der Waals surface area contributed by atoms with Crippen LogP contribution in [-0.4, -0.2) is 35.0 Å². The Labute approximate surface area is 125 Å². The standard InChI is InChI=1S/C17H21NO3/c1-12-8-9-18(11-13(12)2)17(21)15-5-3-4-14(10-15)6-7-16(19)20/h3-7,10,12-13H,8-9,11H2,1-2H3,(H,19,20)/b7-6+. The van der Waals surface area contributed by atoms with Crippen LogP contribution in [0.4, 0.5) is 0 Å². The molecule has 2 rings (SSSR count). The summed E-state index contributed by atoms with van der Waals surface area (Å²) >= 11 is 0. The van der Waals surface area contributed by atoms with Gasteiger partial charge in [-0.1, -0.05) is 26.0 Å². The zero-order valence-corrected chi connectivity index (χ0v) is 12.5. The molecule has 4 nitrogen and oxygen atoms in total. The highest BCUT2D eigenvalue weighted by Gasteiger charge is 2.26. The van der Waals surface area contributed by atoms with E-state index in [9.17, 15) is 9.59 Å². The molecule has 0 aromatic heterocycles.